The van der Waals surface area contributed by atoms with Gasteiger partial charge in [-0.2, -0.15) is 5.10 Å². The van der Waals surface area contributed by atoms with Crippen LogP contribution in [0.3, 0.4) is 0 Å². The maximum Gasteiger partial charge on any atom is 0.255 e. The maximum atomic E-state index is 13.2. The SMILES string of the molecule is CN(C)c1cnnc(Nc2ccc(NC(=O)c3ccc(F)c(F)c3)cc2)c1. The van der Waals surface area contributed by atoms with E-state index in [9.17, 15) is 13.6 Å². The van der Waals surface area contributed by atoms with Crippen LogP contribution in [-0.4, -0.2) is 30.2 Å². The second kappa shape index (κ2) is 7.77. The number of nitrogens with zero attached hydrogens (tertiary/aromatic N) is 3. The number of anilines is 4. The van der Waals surface area contributed by atoms with Crippen LogP contribution in [0.15, 0.2) is 54.7 Å². The zero-order valence-electron chi connectivity index (χ0n) is 14.7. The molecule has 8 heteroatoms. The van der Waals surface area contributed by atoms with Crippen molar-refractivity contribution in [3.8, 4) is 0 Å². The Morgan fingerprint density at radius 2 is 1.67 bits per heavy atom. The number of nitrogens with one attached hydrogen (secondary N) is 2. The third kappa shape index (κ3) is 4.55. The van der Waals surface area contributed by atoms with Crippen LogP contribution < -0.4 is 15.5 Å². The number of benzene rings is 2. The highest BCUT2D eigenvalue weighted by atomic mass is 19.2. The van der Waals surface area contributed by atoms with Crippen LogP contribution in [0, 0.1) is 11.6 Å². The normalized spacial score (nSPS) is 10.4. The van der Waals surface area contributed by atoms with Gasteiger partial charge in [-0.15, -0.1) is 5.10 Å². The van der Waals surface area contributed by atoms with Crippen LogP contribution in [0.5, 0.6) is 0 Å². The quantitative estimate of drug-likeness (QED) is 0.716. The van der Waals surface area contributed by atoms with Crippen LogP contribution in [0.25, 0.3) is 0 Å². The van der Waals surface area contributed by atoms with E-state index in [-0.39, 0.29) is 5.56 Å². The monoisotopic (exact) mass is 369 g/mol. The molecule has 0 spiro atoms. The van der Waals surface area contributed by atoms with Crippen molar-refractivity contribution in [1.82, 2.24) is 10.2 Å². The molecule has 3 aromatic rings. The number of amides is 1. The van der Waals surface area contributed by atoms with Gasteiger partial charge in [0, 0.05) is 37.1 Å². The lowest BCUT2D eigenvalue weighted by molar-refractivity contribution is 0.102. The van der Waals surface area contributed by atoms with Crippen molar-refractivity contribution in [3.05, 3.63) is 71.9 Å². The van der Waals surface area contributed by atoms with Gasteiger partial charge in [0.05, 0.1) is 11.9 Å². The van der Waals surface area contributed by atoms with E-state index in [4.69, 9.17) is 0 Å². The molecule has 1 heterocycles. The van der Waals surface area contributed by atoms with Crippen LogP contribution in [0.4, 0.5) is 31.7 Å². The fraction of sp³-hybridized carbons (Fsp3) is 0.105. The molecule has 2 N–H and O–H groups in total. The Hall–Kier alpha value is -3.55. The molecule has 2 aromatic carbocycles. The first-order valence-corrected chi connectivity index (χ1v) is 8.06. The highest BCUT2D eigenvalue weighted by molar-refractivity contribution is 6.04. The number of hydrogen-bond donors (Lipinski definition) is 2. The molecule has 1 aromatic heterocycles. The largest absolute Gasteiger partial charge is 0.376 e. The summed E-state index contributed by atoms with van der Waals surface area (Å²) in [6.45, 7) is 0. The molecule has 3 rings (SSSR count). The Balaban J connectivity index is 1.67. The number of aromatic nitrogens is 2. The second-order valence-corrected chi connectivity index (χ2v) is 5.98. The van der Waals surface area contributed by atoms with Crippen molar-refractivity contribution in [2.75, 3.05) is 29.6 Å². The van der Waals surface area contributed by atoms with Crippen molar-refractivity contribution in [3.63, 3.8) is 0 Å². The van der Waals surface area contributed by atoms with Crippen molar-refractivity contribution >= 4 is 28.8 Å². The summed E-state index contributed by atoms with van der Waals surface area (Å²) in [7, 11) is 3.82. The van der Waals surface area contributed by atoms with E-state index >= 15 is 0 Å². The number of carbonyl (C=O) groups excluding carboxylic acids is 1. The molecule has 1 amide bonds. The second-order valence-electron chi connectivity index (χ2n) is 5.98. The van der Waals surface area contributed by atoms with Gasteiger partial charge in [-0.1, -0.05) is 0 Å². The van der Waals surface area contributed by atoms with Gasteiger partial charge >= 0.3 is 0 Å². The van der Waals surface area contributed by atoms with E-state index < -0.39 is 17.5 Å². The van der Waals surface area contributed by atoms with E-state index in [1.807, 2.05) is 25.1 Å². The average Bonchev–Trinajstić information content (AvgIpc) is 2.65. The molecule has 0 atom stereocenters. The zero-order chi connectivity index (χ0) is 19.4. The average molecular weight is 369 g/mol. The van der Waals surface area contributed by atoms with Gasteiger partial charge < -0.3 is 15.5 Å². The number of rotatable bonds is 5. The number of halogens is 2. The summed E-state index contributed by atoms with van der Waals surface area (Å²) in [4.78, 5) is 14.0. The third-order valence-electron chi connectivity index (χ3n) is 3.75. The topological polar surface area (TPSA) is 70.2 Å². The minimum Gasteiger partial charge on any atom is -0.376 e. The molecule has 0 saturated heterocycles. The first kappa shape index (κ1) is 18.2. The van der Waals surface area contributed by atoms with Gasteiger partial charge in [0.25, 0.3) is 5.91 Å². The Morgan fingerprint density at radius 3 is 2.33 bits per heavy atom. The number of carbonyl (C=O) groups is 1. The molecule has 0 radical (unpaired) electrons. The molecular weight excluding hydrogens is 352 g/mol. The summed E-state index contributed by atoms with van der Waals surface area (Å²) in [6.07, 6.45) is 1.65. The Morgan fingerprint density at radius 1 is 0.963 bits per heavy atom. The van der Waals surface area contributed by atoms with Gasteiger partial charge in [0.1, 0.15) is 0 Å². The maximum absolute atomic E-state index is 13.2. The smallest absolute Gasteiger partial charge is 0.255 e. The van der Waals surface area contributed by atoms with E-state index in [0.29, 0.717) is 11.5 Å². The molecule has 0 unspecified atom stereocenters. The molecule has 0 aliphatic carbocycles. The first-order valence-electron chi connectivity index (χ1n) is 8.06. The molecule has 0 aliphatic rings. The predicted octanol–water partition coefficient (Wildman–Crippen LogP) is 3.82. The highest BCUT2D eigenvalue weighted by Crippen LogP contribution is 2.20. The molecule has 0 saturated carbocycles. The van der Waals surface area contributed by atoms with Gasteiger partial charge in [-0.25, -0.2) is 8.78 Å². The van der Waals surface area contributed by atoms with Crippen LogP contribution in [-0.2, 0) is 0 Å². The van der Waals surface area contributed by atoms with Gasteiger partial charge in [0.2, 0.25) is 0 Å². The summed E-state index contributed by atoms with van der Waals surface area (Å²) in [5.74, 6) is -2.01. The van der Waals surface area contributed by atoms with E-state index in [1.165, 1.54) is 6.07 Å². The van der Waals surface area contributed by atoms with E-state index in [1.54, 1.807) is 30.5 Å². The van der Waals surface area contributed by atoms with Crippen molar-refractivity contribution in [2.45, 2.75) is 0 Å². The van der Waals surface area contributed by atoms with Crippen molar-refractivity contribution in [2.24, 2.45) is 0 Å². The highest BCUT2D eigenvalue weighted by Gasteiger charge is 2.10. The lowest BCUT2D eigenvalue weighted by Gasteiger charge is -2.13. The van der Waals surface area contributed by atoms with Crippen LogP contribution in [0.1, 0.15) is 10.4 Å². The van der Waals surface area contributed by atoms with Gasteiger partial charge in [0.15, 0.2) is 17.5 Å². The van der Waals surface area contributed by atoms with Crippen molar-refractivity contribution in [1.29, 1.82) is 0 Å². The van der Waals surface area contributed by atoms with Crippen LogP contribution in [0.2, 0.25) is 0 Å². The Labute approximate surface area is 154 Å². The Kier molecular flexibility index (Phi) is 5.25. The molecule has 27 heavy (non-hydrogen) atoms. The molecule has 0 bridgehead atoms. The molecule has 0 fully saturated rings. The molecule has 138 valence electrons. The summed E-state index contributed by atoms with van der Waals surface area (Å²) in [5, 5.41) is 13.7. The van der Waals surface area contributed by atoms with E-state index in [0.717, 1.165) is 23.5 Å². The summed E-state index contributed by atoms with van der Waals surface area (Å²) in [5.41, 5.74) is 2.21. The lowest BCUT2D eigenvalue weighted by atomic mass is 10.2. The Bertz CT molecular complexity index is 961. The summed E-state index contributed by atoms with van der Waals surface area (Å²) < 4.78 is 26.2. The van der Waals surface area contributed by atoms with Crippen molar-refractivity contribution < 1.29 is 13.6 Å². The van der Waals surface area contributed by atoms with Gasteiger partial charge in [-0.3, -0.25) is 4.79 Å². The number of hydrogen-bond acceptors (Lipinski definition) is 5. The summed E-state index contributed by atoms with van der Waals surface area (Å²) >= 11 is 0. The standard InChI is InChI=1S/C19H17F2N5O/c1-26(2)15-10-18(25-22-11-15)23-13-4-6-14(7-5-13)24-19(27)12-3-8-16(20)17(21)9-12/h3-11H,1-2H3,(H,23,25)(H,24,27). The summed E-state index contributed by atoms with van der Waals surface area (Å²) in [6, 6.07) is 11.7. The minimum absolute atomic E-state index is 0.0341. The third-order valence-corrected chi connectivity index (χ3v) is 3.75. The first-order chi connectivity index (χ1) is 12.9. The fourth-order valence-electron chi connectivity index (χ4n) is 2.29. The van der Waals surface area contributed by atoms with Gasteiger partial charge in [-0.05, 0) is 42.5 Å². The zero-order valence-corrected chi connectivity index (χ0v) is 14.7. The molecule has 6 nitrogen and oxygen atoms in total. The fourth-order valence-corrected chi connectivity index (χ4v) is 2.29. The predicted molar refractivity (Wildman–Crippen MR) is 100 cm³/mol. The lowest BCUT2D eigenvalue weighted by Crippen LogP contribution is -2.12. The van der Waals surface area contributed by atoms with E-state index in [2.05, 4.69) is 20.8 Å². The molecular formula is C19H17F2N5O. The molecule has 0 aliphatic heterocycles. The minimum atomic E-state index is -1.07. The van der Waals surface area contributed by atoms with Crippen LogP contribution >= 0.6 is 0 Å².